The molecule has 5 heteroatoms. The van der Waals surface area contributed by atoms with Crippen molar-refractivity contribution >= 4 is 11.7 Å². The van der Waals surface area contributed by atoms with Crippen molar-refractivity contribution in [2.75, 3.05) is 5.73 Å². The van der Waals surface area contributed by atoms with Gasteiger partial charge in [-0.3, -0.25) is 0 Å². The molecule has 0 aromatic heterocycles. The molecule has 0 aliphatic rings. The third-order valence-electron chi connectivity index (χ3n) is 3.79. The first-order valence-electron chi connectivity index (χ1n) is 7.91. The largest absolute Gasteiger partial charge is 0.396 e. The van der Waals surface area contributed by atoms with E-state index < -0.39 is 5.82 Å². The summed E-state index contributed by atoms with van der Waals surface area (Å²) in [6, 6.07) is 12.4. The van der Waals surface area contributed by atoms with Crippen LogP contribution in [-0.4, -0.2) is 6.03 Å². The van der Waals surface area contributed by atoms with E-state index in [4.69, 9.17) is 5.73 Å². The maximum absolute atomic E-state index is 13.3. The van der Waals surface area contributed by atoms with Gasteiger partial charge in [-0.25, -0.2) is 9.18 Å². The molecular formula is C19H24FN3O. The highest BCUT2D eigenvalue weighted by molar-refractivity contribution is 5.73. The zero-order valence-electron chi connectivity index (χ0n) is 14.3. The number of nitrogen functional groups attached to an aromatic ring is 1. The molecular weight excluding hydrogens is 305 g/mol. The lowest BCUT2D eigenvalue weighted by Gasteiger charge is -2.19. The van der Waals surface area contributed by atoms with Crippen molar-refractivity contribution in [2.24, 2.45) is 0 Å². The van der Waals surface area contributed by atoms with Gasteiger partial charge in [-0.1, -0.05) is 51.1 Å². The summed E-state index contributed by atoms with van der Waals surface area (Å²) < 4.78 is 13.3. The molecule has 4 nitrogen and oxygen atoms in total. The molecule has 0 atom stereocenters. The topological polar surface area (TPSA) is 67.2 Å². The molecule has 0 fully saturated rings. The summed E-state index contributed by atoms with van der Waals surface area (Å²) in [6.45, 7) is 7.16. The predicted octanol–water partition coefficient (Wildman–Crippen LogP) is 3.70. The van der Waals surface area contributed by atoms with Crippen LogP contribution in [-0.2, 0) is 18.5 Å². The Morgan fingerprint density at radius 3 is 2.08 bits per heavy atom. The second kappa shape index (κ2) is 7.34. The molecule has 2 aromatic carbocycles. The molecule has 2 amide bonds. The molecule has 0 aliphatic carbocycles. The fourth-order valence-electron chi connectivity index (χ4n) is 2.23. The second-order valence-corrected chi connectivity index (χ2v) is 6.84. The normalized spacial score (nSPS) is 11.2. The minimum absolute atomic E-state index is 0.0990. The highest BCUT2D eigenvalue weighted by Crippen LogP contribution is 2.22. The Labute approximate surface area is 142 Å². The van der Waals surface area contributed by atoms with Crippen LogP contribution in [0.2, 0.25) is 0 Å². The number of carbonyl (C=O) groups is 1. The van der Waals surface area contributed by atoms with Gasteiger partial charge in [0.25, 0.3) is 0 Å². The molecule has 0 saturated heterocycles. The number of urea groups is 1. The van der Waals surface area contributed by atoms with Crippen molar-refractivity contribution in [3.05, 3.63) is 65.0 Å². The first-order chi connectivity index (χ1) is 11.3. The van der Waals surface area contributed by atoms with Gasteiger partial charge < -0.3 is 16.4 Å². The van der Waals surface area contributed by atoms with E-state index in [0.29, 0.717) is 12.1 Å². The number of hydrogen-bond acceptors (Lipinski definition) is 2. The number of carbonyl (C=O) groups excluding carboxylic acids is 1. The maximum atomic E-state index is 13.3. The quantitative estimate of drug-likeness (QED) is 0.749. The molecule has 128 valence electrons. The van der Waals surface area contributed by atoms with Gasteiger partial charge in [0, 0.05) is 13.1 Å². The fourth-order valence-corrected chi connectivity index (χ4v) is 2.23. The third-order valence-corrected chi connectivity index (χ3v) is 3.79. The molecule has 24 heavy (non-hydrogen) atoms. The third kappa shape index (κ3) is 4.98. The molecule has 0 heterocycles. The molecule has 4 N–H and O–H groups in total. The Hall–Kier alpha value is -2.56. The van der Waals surface area contributed by atoms with Crippen LogP contribution >= 0.6 is 0 Å². The minimum Gasteiger partial charge on any atom is -0.396 e. The van der Waals surface area contributed by atoms with E-state index in [-0.39, 0.29) is 23.7 Å². The van der Waals surface area contributed by atoms with Crippen molar-refractivity contribution in [3.63, 3.8) is 0 Å². The molecule has 2 aromatic rings. The van der Waals surface area contributed by atoms with Gasteiger partial charge in [-0.2, -0.15) is 0 Å². The van der Waals surface area contributed by atoms with Gasteiger partial charge in [-0.05, 0) is 34.2 Å². The van der Waals surface area contributed by atoms with E-state index in [9.17, 15) is 9.18 Å². The number of hydrogen-bond donors (Lipinski definition) is 3. The van der Waals surface area contributed by atoms with Gasteiger partial charge >= 0.3 is 6.03 Å². The summed E-state index contributed by atoms with van der Waals surface area (Å²) in [5, 5.41) is 5.48. The lowest BCUT2D eigenvalue weighted by Crippen LogP contribution is -2.34. The van der Waals surface area contributed by atoms with Crippen LogP contribution < -0.4 is 16.4 Å². The molecule has 0 spiro atoms. The first kappa shape index (κ1) is 17.8. The van der Waals surface area contributed by atoms with E-state index >= 15 is 0 Å². The van der Waals surface area contributed by atoms with Crippen molar-refractivity contribution in [1.29, 1.82) is 0 Å². The summed E-state index contributed by atoms with van der Waals surface area (Å²) in [5.74, 6) is -0.478. The summed E-state index contributed by atoms with van der Waals surface area (Å²) in [7, 11) is 0. The molecule has 0 radical (unpaired) electrons. The summed E-state index contributed by atoms with van der Waals surface area (Å²) in [4.78, 5) is 11.8. The molecule has 0 aliphatic heterocycles. The number of rotatable bonds is 4. The maximum Gasteiger partial charge on any atom is 0.315 e. The second-order valence-electron chi connectivity index (χ2n) is 6.84. The van der Waals surface area contributed by atoms with Gasteiger partial charge in [0.15, 0.2) is 0 Å². The van der Waals surface area contributed by atoms with Gasteiger partial charge in [0.1, 0.15) is 5.82 Å². The molecule has 0 saturated carbocycles. The van der Waals surface area contributed by atoms with E-state index in [1.165, 1.54) is 17.7 Å². The Balaban J connectivity index is 1.81. The highest BCUT2D eigenvalue weighted by Gasteiger charge is 2.12. The Morgan fingerprint density at radius 1 is 1.00 bits per heavy atom. The van der Waals surface area contributed by atoms with Gasteiger partial charge in [-0.15, -0.1) is 0 Å². The lowest BCUT2D eigenvalue weighted by atomic mass is 9.87. The monoisotopic (exact) mass is 329 g/mol. The van der Waals surface area contributed by atoms with Crippen molar-refractivity contribution in [1.82, 2.24) is 10.6 Å². The van der Waals surface area contributed by atoms with Gasteiger partial charge in [0.05, 0.1) is 5.69 Å². The SMILES string of the molecule is CC(C)(C)c1ccc(CNC(=O)NCc2ccc(N)c(F)c2)cc1. The molecule has 0 unspecified atom stereocenters. The van der Waals surface area contributed by atoms with E-state index in [2.05, 4.69) is 43.5 Å². The van der Waals surface area contributed by atoms with Crippen molar-refractivity contribution < 1.29 is 9.18 Å². The fraction of sp³-hybridized carbons (Fsp3) is 0.316. The molecule has 2 rings (SSSR count). The zero-order valence-corrected chi connectivity index (χ0v) is 14.3. The van der Waals surface area contributed by atoms with Crippen LogP contribution in [0.5, 0.6) is 0 Å². The van der Waals surface area contributed by atoms with Gasteiger partial charge in [0.2, 0.25) is 0 Å². The molecule has 0 bridgehead atoms. The van der Waals surface area contributed by atoms with Crippen LogP contribution in [0.25, 0.3) is 0 Å². The summed E-state index contributed by atoms with van der Waals surface area (Å²) >= 11 is 0. The average molecular weight is 329 g/mol. The van der Waals surface area contributed by atoms with Crippen molar-refractivity contribution in [3.8, 4) is 0 Å². The Morgan fingerprint density at radius 2 is 1.54 bits per heavy atom. The number of benzene rings is 2. The number of nitrogens with one attached hydrogen (secondary N) is 2. The standard InChI is InChI=1S/C19H24FN3O/c1-19(2,3)15-7-4-13(5-8-15)11-22-18(24)23-12-14-6-9-17(21)16(20)10-14/h4-10H,11-12,21H2,1-3H3,(H2,22,23,24). The average Bonchev–Trinajstić information content (AvgIpc) is 2.53. The summed E-state index contributed by atoms with van der Waals surface area (Å²) in [5.41, 5.74) is 8.56. The zero-order chi connectivity index (χ0) is 17.7. The lowest BCUT2D eigenvalue weighted by molar-refractivity contribution is 0.240. The van der Waals surface area contributed by atoms with E-state index in [1.54, 1.807) is 6.07 Å². The number of halogens is 1. The first-order valence-corrected chi connectivity index (χ1v) is 7.91. The summed E-state index contributed by atoms with van der Waals surface area (Å²) in [6.07, 6.45) is 0. The van der Waals surface area contributed by atoms with E-state index in [1.807, 2.05) is 12.1 Å². The van der Waals surface area contributed by atoms with E-state index in [0.717, 1.165) is 5.56 Å². The number of nitrogens with two attached hydrogens (primary N) is 1. The minimum atomic E-state index is -0.478. The van der Waals surface area contributed by atoms with Crippen molar-refractivity contribution in [2.45, 2.75) is 39.3 Å². The van der Waals surface area contributed by atoms with Crippen LogP contribution in [0.1, 0.15) is 37.5 Å². The van der Waals surface area contributed by atoms with Crippen LogP contribution in [0.4, 0.5) is 14.9 Å². The predicted molar refractivity (Wildman–Crippen MR) is 95.0 cm³/mol. The number of amides is 2. The van der Waals surface area contributed by atoms with Crippen LogP contribution in [0.15, 0.2) is 42.5 Å². The smallest absolute Gasteiger partial charge is 0.315 e. The Bertz CT molecular complexity index is 706. The van der Waals surface area contributed by atoms with Crippen LogP contribution in [0.3, 0.4) is 0 Å². The number of anilines is 1. The Kier molecular flexibility index (Phi) is 5.44. The highest BCUT2D eigenvalue weighted by atomic mass is 19.1. The van der Waals surface area contributed by atoms with Crippen LogP contribution in [0, 0.1) is 5.82 Å².